The van der Waals surface area contributed by atoms with Gasteiger partial charge in [0.1, 0.15) is 15.5 Å². The van der Waals surface area contributed by atoms with E-state index in [1.165, 1.54) is 20.6 Å². The number of rotatable bonds is 6. The Bertz CT molecular complexity index is 585. The van der Waals surface area contributed by atoms with Gasteiger partial charge in [-0.15, -0.1) is 11.3 Å². The first-order valence-corrected chi connectivity index (χ1v) is 8.63. The van der Waals surface area contributed by atoms with E-state index in [4.69, 9.17) is 9.47 Å². The fraction of sp³-hybridized carbons (Fsp3) is 0.625. The number of hydrogen-bond donors (Lipinski definition) is 1. The molecule has 2 rings (SSSR count). The molecule has 1 aromatic heterocycles. The largest absolute Gasteiger partial charge is 0.495 e. The Hall–Kier alpha value is -1.60. The van der Waals surface area contributed by atoms with Crippen LogP contribution in [0.2, 0.25) is 0 Å². The van der Waals surface area contributed by atoms with E-state index < -0.39 is 5.97 Å². The minimum Gasteiger partial charge on any atom is -0.495 e. The van der Waals surface area contributed by atoms with Gasteiger partial charge < -0.3 is 14.8 Å². The molecule has 1 unspecified atom stereocenters. The molecule has 0 radical (unpaired) electrons. The number of methoxy groups -OCH3 is 2. The number of ether oxygens (including phenoxy) is 2. The molecule has 1 saturated heterocycles. The van der Waals surface area contributed by atoms with Crippen LogP contribution in [0, 0.1) is 6.92 Å². The summed E-state index contributed by atoms with van der Waals surface area (Å²) in [4.78, 5) is 27.5. The normalized spacial score (nSPS) is 18.0. The van der Waals surface area contributed by atoms with Crippen molar-refractivity contribution in [1.29, 1.82) is 0 Å². The third-order valence-corrected chi connectivity index (χ3v) is 5.53. The molecule has 1 N–H and O–H groups in total. The molecule has 0 aliphatic carbocycles. The lowest BCUT2D eigenvalue weighted by molar-refractivity contribution is 0.0605. The van der Waals surface area contributed by atoms with E-state index in [0.717, 1.165) is 30.8 Å². The highest BCUT2D eigenvalue weighted by atomic mass is 32.1. The van der Waals surface area contributed by atoms with E-state index in [2.05, 4.69) is 17.1 Å². The van der Waals surface area contributed by atoms with Crippen LogP contribution in [0.3, 0.4) is 0 Å². The lowest BCUT2D eigenvalue weighted by Gasteiger charge is -2.22. The van der Waals surface area contributed by atoms with Crippen molar-refractivity contribution >= 4 is 23.2 Å². The molecule has 1 aromatic rings. The van der Waals surface area contributed by atoms with Gasteiger partial charge in [0.2, 0.25) is 0 Å². The van der Waals surface area contributed by atoms with Gasteiger partial charge in [-0.25, -0.2) is 4.79 Å². The Balaban J connectivity index is 2.11. The summed E-state index contributed by atoms with van der Waals surface area (Å²) >= 11 is 1.12. The number of likely N-dealkylation sites (tertiary alicyclic amines) is 1. The zero-order valence-electron chi connectivity index (χ0n) is 14.1. The molecule has 0 saturated carbocycles. The van der Waals surface area contributed by atoms with Crippen LogP contribution in [0.4, 0.5) is 0 Å². The first-order valence-electron chi connectivity index (χ1n) is 7.81. The van der Waals surface area contributed by atoms with Gasteiger partial charge in [-0.3, -0.25) is 9.69 Å². The van der Waals surface area contributed by atoms with Gasteiger partial charge in [0, 0.05) is 18.2 Å². The SMILES string of the molecule is CCN1CCCC1CNC(=O)c1sc(C(=O)OC)c(C)c1OC. The number of esters is 1. The van der Waals surface area contributed by atoms with E-state index in [1.807, 2.05) is 0 Å². The number of likely N-dealkylation sites (N-methyl/N-ethyl adjacent to an activating group) is 1. The molecular formula is C16H24N2O4S. The number of carbonyl (C=O) groups excluding carboxylic acids is 2. The maximum atomic E-state index is 12.5. The van der Waals surface area contributed by atoms with Crippen molar-refractivity contribution in [1.82, 2.24) is 10.2 Å². The summed E-state index contributed by atoms with van der Waals surface area (Å²) in [6, 6.07) is 0.385. The molecule has 1 amide bonds. The summed E-state index contributed by atoms with van der Waals surface area (Å²) in [5.41, 5.74) is 0.644. The number of nitrogens with zero attached hydrogens (tertiary/aromatic N) is 1. The molecule has 1 atom stereocenters. The molecule has 0 bridgehead atoms. The predicted molar refractivity (Wildman–Crippen MR) is 89.5 cm³/mol. The fourth-order valence-electron chi connectivity index (χ4n) is 3.01. The summed E-state index contributed by atoms with van der Waals surface area (Å²) in [6.45, 7) is 6.59. The van der Waals surface area contributed by atoms with Gasteiger partial charge in [-0.05, 0) is 32.9 Å². The molecule has 6 nitrogen and oxygen atoms in total. The first kappa shape index (κ1) is 17.7. The molecular weight excluding hydrogens is 316 g/mol. The Morgan fingerprint density at radius 3 is 2.70 bits per heavy atom. The van der Waals surface area contributed by atoms with E-state index in [-0.39, 0.29) is 5.91 Å². The van der Waals surface area contributed by atoms with Crippen molar-refractivity contribution in [3.8, 4) is 5.75 Å². The second kappa shape index (κ2) is 7.79. The van der Waals surface area contributed by atoms with Crippen LogP contribution in [0.25, 0.3) is 0 Å². The van der Waals surface area contributed by atoms with Crippen molar-refractivity contribution < 1.29 is 19.1 Å². The van der Waals surface area contributed by atoms with E-state index in [9.17, 15) is 9.59 Å². The van der Waals surface area contributed by atoms with E-state index >= 15 is 0 Å². The van der Waals surface area contributed by atoms with Gasteiger partial charge in [0.25, 0.3) is 5.91 Å². The van der Waals surface area contributed by atoms with Crippen LogP contribution in [0.15, 0.2) is 0 Å². The monoisotopic (exact) mass is 340 g/mol. The van der Waals surface area contributed by atoms with Crippen LogP contribution in [-0.2, 0) is 4.74 Å². The van der Waals surface area contributed by atoms with Crippen LogP contribution >= 0.6 is 11.3 Å². The number of thiophene rings is 1. The summed E-state index contributed by atoms with van der Waals surface area (Å²) in [6.07, 6.45) is 2.27. The van der Waals surface area contributed by atoms with E-state index in [0.29, 0.717) is 33.7 Å². The molecule has 0 aromatic carbocycles. The van der Waals surface area contributed by atoms with Gasteiger partial charge >= 0.3 is 5.97 Å². The predicted octanol–water partition coefficient (Wildman–Crippen LogP) is 2.07. The summed E-state index contributed by atoms with van der Waals surface area (Å²) < 4.78 is 10.1. The average molecular weight is 340 g/mol. The van der Waals surface area contributed by atoms with Crippen molar-refractivity contribution in [2.45, 2.75) is 32.7 Å². The third-order valence-electron chi connectivity index (χ3n) is 4.28. The maximum Gasteiger partial charge on any atom is 0.348 e. The zero-order valence-corrected chi connectivity index (χ0v) is 14.9. The number of carbonyl (C=O) groups is 2. The standard InChI is InChI=1S/C16H24N2O4S/c1-5-18-8-6-7-11(18)9-17-15(19)14-12(21-3)10(2)13(23-14)16(20)22-4/h11H,5-9H2,1-4H3,(H,17,19). The second-order valence-corrected chi connectivity index (χ2v) is 6.57. The van der Waals surface area contributed by atoms with Crippen molar-refractivity contribution in [3.05, 3.63) is 15.3 Å². The summed E-state index contributed by atoms with van der Waals surface area (Å²) in [5, 5.41) is 2.98. The van der Waals surface area contributed by atoms with Crippen LogP contribution in [-0.4, -0.2) is 56.7 Å². The highest BCUT2D eigenvalue weighted by molar-refractivity contribution is 7.16. The summed E-state index contributed by atoms with van der Waals surface area (Å²) in [5.74, 6) is -0.197. The Morgan fingerprint density at radius 1 is 1.35 bits per heavy atom. The van der Waals surface area contributed by atoms with Gasteiger partial charge in [0.05, 0.1) is 14.2 Å². The van der Waals surface area contributed by atoms with Crippen molar-refractivity contribution in [3.63, 3.8) is 0 Å². The minimum atomic E-state index is -0.446. The third kappa shape index (κ3) is 3.67. The van der Waals surface area contributed by atoms with Crippen molar-refractivity contribution in [2.75, 3.05) is 33.9 Å². The topological polar surface area (TPSA) is 67.9 Å². The zero-order chi connectivity index (χ0) is 17.0. The Kier molecular flexibility index (Phi) is 6.01. The number of amides is 1. The maximum absolute atomic E-state index is 12.5. The Morgan fingerprint density at radius 2 is 2.09 bits per heavy atom. The molecule has 23 heavy (non-hydrogen) atoms. The smallest absolute Gasteiger partial charge is 0.348 e. The molecule has 1 fully saturated rings. The first-order chi connectivity index (χ1) is 11.0. The van der Waals surface area contributed by atoms with Gasteiger partial charge in [0.15, 0.2) is 0 Å². The molecule has 1 aliphatic rings. The highest BCUT2D eigenvalue weighted by Crippen LogP contribution is 2.35. The molecule has 128 valence electrons. The van der Waals surface area contributed by atoms with Crippen molar-refractivity contribution in [2.24, 2.45) is 0 Å². The Labute approximate surface area is 140 Å². The second-order valence-electron chi connectivity index (χ2n) is 5.54. The lowest BCUT2D eigenvalue weighted by atomic mass is 10.2. The van der Waals surface area contributed by atoms with Gasteiger partial charge in [-0.2, -0.15) is 0 Å². The number of nitrogens with one attached hydrogen (secondary N) is 1. The molecule has 2 heterocycles. The van der Waals surface area contributed by atoms with Crippen LogP contribution in [0.1, 0.15) is 44.7 Å². The molecule has 0 spiro atoms. The van der Waals surface area contributed by atoms with Crippen LogP contribution < -0.4 is 10.1 Å². The lowest BCUT2D eigenvalue weighted by Crippen LogP contribution is -2.39. The quantitative estimate of drug-likeness (QED) is 0.803. The average Bonchev–Trinajstić information content (AvgIpc) is 3.15. The van der Waals surface area contributed by atoms with Crippen LogP contribution in [0.5, 0.6) is 5.75 Å². The highest BCUT2D eigenvalue weighted by Gasteiger charge is 2.27. The van der Waals surface area contributed by atoms with E-state index in [1.54, 1.807) is 6.92 Å². The van der Waals surface area contributed by atoms with Gasteiger partial charge in [-0.1, -0.05) is 6.92 Å². The minimum absolute atomic E-state index is 0.201. The molecule has 7 heteroatoms. The summed E-state index contributed by atoms with van der Waals surface area (Å²) in [7, 11) is 2.83. The number of hydrogen-bond acceptors (Lipinski definition) is 6. The molecule has 1 aliphatic heterocycles. The fourth-order valence-corrected chi connectivity index (χ4v) is 4.13.